The van der Waals surface area contributed by atoms with Crippen LogP contribution in [-0.4, -0.2) is 12.8 Å². The first-order chi connectivity index (χ1) is 9.06. The summed E-state index contributed by atoms with van der Waals surface area (Å²) in [6.07, 6.45) is 12.5. The van der Waals surface area contributed by atoms with Gasteiger partial charge in [-0.25, -0.2) is 0 Å². The minimum atomic E-state index is 0.561. The Bertz CT molecular complexity index is 378. The summed E-state index contributed by atoms with van der Waals surface area (Å²) in [5.41, 5.74) is 3.95. The van der Waals surface area contributed by atoms with E-state index in [2.05, 4.69) is 64.4 Å². The zero-order valence-corrected chi connectivity index (χ0v) is 13.2. The normalized spacial score (nSPS) is 14.5. The molecule has 0 unspecified atom stereocenters. The van der Waals surface area contributed by atoms with Crippen LogP contribution in [0.15, 0.2) is 52.6 Å². The fraction of sp³-hybridized carbons (Fsp3) is 0.500. The fourth-order valence-electron chi connectivity index (χ4n) is 1.69. The number of allylic oxidation sites excluding steroid dienone is 5. The largest absolute Gasteiger partial charge is 0.293 e. The Balaban J connectivity index is 5.42. The third kappa shape index (κ3) is 7.61. The van der Waals surface area contributed by atoms with E-state index in [0.29, 0.717) is 5.92 Å². The van der Waals surface area contributed by atoms with Crippen molar-refractivity contribution in [2.75, 3.05) is 6.54 Å². The van der Waals surface area contributed by atoms with Crippen LogP contribution < -0.4 is 0 Å². The Hall–Kier alpha value is -1.37. The lowest BCUT2D eigenvalue weighted by molar-refractivity contribution is 0.829. The monoisotopic (exact) mass is 259 g/mol. The molecule has 0 amide bonds. The number of nitrogens with zero attached hydrogens (tertiary/aromatic N) is 1. The second-order valence-corrected chi connectivity index (χ2v) is 5.00. The van der Waals surface area contributed by atoms with Crippen molar-refractivity contribution in [2.24, 2.45) is 10.9 Å². The van der Waals surface area contributed by atoms with Crippen molar-refractivity contribution < 1.29 is 0 Å². The molecule has 0 rings (SSSR count). The fourth-order valence-corrected chi connectivity index (χ4v) is 1.69. The van der Waals surface area contributed by atoms with E-state index in [1.165, 1.54) is 16.7 Å². The predicted molar refractivity (Wildman–Crippen MR) is 88.9 cm³/mol. The molecule has 0 bridgehead atoms. The molecule has 0 N–H and O–H groups in total. The first-order valence-corrected chi connectivity index (χ1v) is 7.19. The molecule has 1 nitrogen and oxygen atoms in total. The van der Waals surface area contributed by atoms with Crippen LogP contribution in [-0.2, 0) is 0 Å². The highest BCUT2D eigenvalue weighted by Gasteiger charge is 2.05. The number of hydrogen-bond acceptors (Lipinski definition) is 1. The Morgan fingerprint density at radius 3 is 2.47 bits per heavy atom. The van der Waals surface area contributed by atoms with Gasteiger partial charge >= 0.3 is 0 Å². The maximum atomic E-state index is 4.50. The average Bonchev–Trinajstić information content (AvgIpc) is 2.39. The van der Waals surface area contributed by atoms with Crippen LogP contribution in [0.2, 0.25) is 0 Å². The molecule has 0 saturated carbocycles. The second kappa shape index (κ2) is 10.5. The summed E-state index contributed by atoms with van der Waals surface area (Å²) in [5.74, 6) is 0.561. The minimum absolute atomic E-state index is 0.561. The Morgan fingerprint density at radius 1 is 1.32 bits per heavy atom. The van der Waals surface area contributed by atoms with Gasteiger partial charge in [-0.1, -0.05) is 50.6 Å². The lowest BCUT2D eigenvalue weighted by atomic mass is 9.97. The van der Waals surface area contributed by atoms with Crippen LogP contribution >= 0.6 is 0 Å². The van der Waals surface area contributed by atoms with Crippen molar-refractivity contribution in [3.63, 3.8) is 0 Å². The summed E-state index contributed by atoms with van der Waals surface area (Å²) in [6, 6.07) is 0. The zero-order chi connectivity index (χ0) is 14.7. The first-order valence-electron chi connectivity index (χ1n) is 7.19. The van der Waals surface area contributed by atoms with E-state index in [9.17, 15) is 0 Å². The molecule has 0 aliphatic heterocycles. The quantitative estimate of drug-likeness (QED) is 0.309. The van der Waals surface area contributed by atoms with Crippen molar-refractivity contribution in [3.8, 4) is 0 Å². The van der Waals surface area contributed by atoms with Gasteiger partial charge in [0.2, 0.25) is 0 Å². The smallest absolute Gasteiger partial charge is 0.0641 e. The highest BCUT2D eigenvalue weighted by molar-refractivity contribution is 5.57. The average molecular weight is 259 g/mol. The van der Waals surface area contributed by atoms with E-state index < -0.39 is 0 Å². The number of hydrogen-bond donors (Lipinski definition) is 0. The third-order valence-electron chi connectivity index (χ3n) is 2.90. The summed E-state index contributed by atoms with van der Waals surface area (Å²) >= 11 is 0. The molecule has 0 fully saturated rings. The van der Waals surface area contributed by atoms with Crippen molar-refractivity contribution in [2.45, 2.75) is 47.5 Å². The molecule has 0 spiro atoms. The Labute approximate surface area is 119 Å². The molecule has 106 valence electrons. The number of rotatable bonds is 8. The molecule has 0 aromatic heterocycles. The van der Waals surface area contributed by atoms with Gasteiger partial charge in [-0.15, -0.1) is 6.58 Å². The van der Waals surface area contributed by atoms with Gasteiger partial charge in [0.1, 0.15) is 0 Å². The van der Waals surface area contributed by atoms with Gasteiger partial charge in [0.15, 0.2) is 0 Å². The molecule has 19 heavy (non-hydrogen) atoms. The number of aliphatic imine (C=N–C) groups is 1. The standard InChI is InChI=1S/C18H29N/c1-7-10-17(12-11-15(4)5)18(16(6)9-3)14-19-13-8-2/h7,9,11-13,15H,1,8,10,14H2,2-6H3/b12-11-,16-9-,18-17+,19-13-. The van der Waals surface area contributed by atoms with Crippen molar-refractivity contribution >= 4 is 6.21 Å². The lowest BCUT2D eigenvalue weighted by Gasteiger charge is -2.11. The van der Waals surface area contributed by atoms with E-state index in [-0.39, 0.29) is 0 Å². The van der Waals surface area contributed by atoms with Crippen LogP contribution in [0.1, 0.15) is 47.5 Å². The maximum Gasteiger partial charge on any atom is 0.0641 e. The molecule has 0 saturated heterocycles. The maximum absolute atomic E-state index is 4.50. The van der Waals surface area contributed by atoms with Crippen LogP contribution in [0.4, 0.5) is 0 Å². The summed E-state index contributed by atoms with van der Waals surface area (Å²) < 4.78 is 0. The summed E-state index contributed by atoms with van der Waals surface area (Å²) in [5, 5.41) is 0. The van der Waals surface area contributed by atoms with Gasteiger partial charge in [0.25, 0.3) is 0 Å². The van der Waals surface area contributed by atoms with Gasteiger partial charge in [-0.2, -0.15) is 0 Å². The highest BCUT2D eigenvalue weighted by Crippen LogP contribution is 2.20. The lowest BCUT2D eigenvalue weighted by Crippen LogP contribution is -1.97. The van der Waals surface area contributed by atoms with E-state index in [4.69, 9.17) is 0 Å². The van der Waals surface area contributed by atoms with Crippen LogP contribution in [0, 0.1) is 5.92 Å². The molecule has 0 aliphatic rings. The van der Waals surface area contributed by atoms with Crippen LogP contribution in [0.3, 0.4) is 0 Å². The van der Waals surface area contributed by atoms with E-state index >= 15 is 0 Å². The summed E-state index contributed by atoms with van der Waals surface area (Å²) in [6.45, 7) is 15.4. The van der Waals surface area contributed by atoms with E-state index in [0.717, 1.165) is 19.4 Å². The first kappa shape index (κ1) is 17.6. The molecule has 0 aromatic rings. The molecular formula is C18H29N. The summed E-state index contributed by atoms with van der Waals surface area (Å²) in [7, 11) is 0. The van der Waals surface area contributed by atoms with Gasteiger partial charge in [-0.3, -0.25) is 4.99 Å². The Kier molecular flexibility index (Phi) is 9.78. The van der Waals surface area contributed by atoms with E-state index in [1.54, 1.807) is 0 Å². The van der Waals surface area contributed by atoms with Gasteiger partial charge < -0.3 is 0 Å². The SMILES string of the molecule is C=CCC(/C=C\C(C)C)=C(C/N=C\CC)\C(C)=C/C. The molecule has 1 heteroatoms. The van der Waals surface area contributed by atoms with Gasteiger partial charge in [-0.05, 0) is 50.0 Å². The molecule has 0 atom stereocenters. The van der Waals surface area contributed by atoms with Crippen molar-refractivity contribution in [1.82, 2.24) is 0 Å². The van der Waals surface area contributed by atoms with Crippen LogP contribution in [0.25, 0.3) is 0 Å². The second-order valence-electron chi connectivity index (χ2n) is 5.00. The zero-order valence-electron chi connectivity index (χ0n) is 13.2. The topological polar surface area (TPSA) is 12.4 Å². The molecular weight excluding hydrogens is 230 g/mol. The van der Waals surface area contributed by atoms with E-state index in [1.807, 2.05) is 12.3 Å². The third-order valence-corrected chi connectivity index (χ3v) is 2.90. The van der Waals surface area contributed by atoms with Crippen molar-refractivity contribution in [1.29, 1.82) is 0 Å². The molecule has 0 aliphatic carbocycles. The molecule has 0 radical (unpaired) electrons. The highest BCUT2D eigenvalue weighted by atomic mass is 14.7. The summed E-state index contributed by atoms with van der Waals surface area (Å²) in [4.78, 5) is 4.50. The predicted octanol–water partition coefficient (Wildman–Crippen LogP) is 5.52. The van der Waals surface area contributed by atoms with Gasteiger partial charge in [0.05, 0.1) is 6.54 Å². The molecule has 0 heterocycles. The van der Waals surface area contributed by atoms with Crippen LogP contribution in [0.5, 0.6) is 0 Å². The molecule has 0 aromatic carbocycles. The van der Waals surface area contributed by atoms with Gasteiger partial charge in [0, 0.05) is 0 Å². The van der Waals surface area contributed by atoms with Crippen molar-refractivity contribution in [3.05, 3.63) is 47.6 Å². The Morgan fingerprint density at radius 2 is 2.00 bits per heavy atom. The minimum Gasteiger partial charge on any atom is -0.293 e.